The highest BCUT2D eigenvalue weighted by Crippen LogP contribution is 2.40. The number of halogens is 3. The van der Waals surface area contributed by atoms with Gasteiger partial charge in [-0.3, -0.25) is 0 Å². The Morgan fingerprint density at radius 1 is 0.846 bits per heavy atom. The third kappa shape index (κ3) is 3.89. The average Bonchev–Trinajstić information content (AvgIpc) is 2.66. The van der Waals surface area contributed by atoms with E-state index >= 15 is 0 Å². The van der Waals surface area contributed by atoms with E-state index in [0.717, 1.165) is 11.6 Å². The normalized spacial score (nSPS) is 11.0. The van der Waals surface area contributed by atoms with E-state index < -0.39 is 11.7 Å². The van der Waals surface area contributed by atoms with E-state index in [1.54, 1.807) is 24.3 Å². The Labute approximate surface area is 150 Å². The second-order valence-corrected chi connectivity index (χ2v) is 5.67. The van der Waals surface area contributed by atoms with Gasteiger partial charge >= 0.3 is 6.18 Å². The van der Waals surface area contributed by atoms with Crippen LogP contribution in [0.1, 0.15) is 16.7 Å². The fourth-order valence-electron chi connectivity index (χ4n) is 2.65. The van der Waals surface area contributed by atoms with Gasteiger partial charge in [-0.05, 0) is 29.3 Å². The molecule has 0 unspecified atom stereocenters. The van der Waals surface area contributed by atoms with E-state index in [9.17, 15) is 13.2 Å². The van der Waals surface area contributed by atoms with Gasteiger partial charge in [-0.2, -0.15) is 13.2 Å². The van der Waals surface area contributed by atoms with Crippen molar-refractivity contribution in [1.29, 1.82) is 0 Å². The molecule has 0 saturated carbocycles. The maximum Gasteiger partial charge on any atom is 0.417 e. The molecule has 4 heteroatoms. The number of terminal acetylenes is 1. The number of alkyl halides is 3. The molecule has 0 aliphatic heterocycles. The van der Waals surface area contributed by atoms with Crippen molar-refractivity contribution in [2.45, 2.75) is 12.8 Å². The van der Waals surface area contributed by atoms with Crippen molar-refractivity contribution in [2.75, 3.05) is 0 Å². The third-order valence-corrected chi connectivity index (χ3v) is 3.91. The van der Waals surface area contributed by atoms with Crippen LogP contribution < -0.4 is 4.74 Å². The molecule has 0 heterocycles. The first-order valence-electron chi connectivity index (χ1n) is 7.93. The van der Waals surface area contributed by atoms with Crippen molar-refractivity contribution >= 4 is 0 Å². The van der Waals surface area contributed by atoms with Crippen molar-refractivity contribution in [1.82, 2.24) is 0 Å². The van der Waals surface area contributed by atoms with Crippen molar-refractivity contribution in [2.24, 2.45) is 0 Å². The minimum absolute atomic E-state index is 0.0418. The molecular formula is C22H15F3O. The van der Waals surface area contributed by atoms with Crippen LogP contribution in [0.4, 0.5) is 13.2 Å². The van der Waals surface area contributed by atoms with Crippen LogP contribution in [0.15, 0.2) is 72.8 Å². The lowest BCUT2D eigenvalue weighted by molar-refractivity contribution is -0.137. The molecule has 0 radical (unpaired) electrons. The lowest BCUT2D eigenvalue weighted by Gasteiger charge is -2.17. The number of para-hydroxylation sites is 1. The number of ether oxygens (including phenoxy) is 1. The zero-order valence-corrected chi connectivity index (χ0v) is 13.8. The predicted octanol–water partition coefficient (Wildman–Crippen LogP) is 5.93. The van der Waals surface area contributed by atoms with E-state index in [0.29, 0.717) is 11.3 Å². The molecule has 0 aliphatic rings. The largest absolute Gasteiger partial charge is 0.488 e. The Morgan fingerprint density at radius 2 is 1.54 bits per heavy atom. The summed E-state index contributed by atoms with van der Waals surface area (Å²) < 4.78 is 46.4. The highest BCUT2D eigenvalue weighted by atomic mass is 19.4. The highest BCUT2D eigenvalue weighted by Gasteiger charge is 2.34. The molecule has 130 valence electrons. The van der Waals surface area contributed by atoms with E-state index in [-0.39, 0.29) is 17.7 Å². The second kappa shape index (κ2) is 7.37. The molecule has 3 aromatic carbocycles. The van der Waals surface area contributed by atoms with Gasteiger partial charge in [0.1, 0.15) is 12.4 Å². The number of hydrogen-bond acceptors (Lipinski definition) is 1. The van der Waals surface area contributed by atoms with Gasteiger partial charge in [0.15, 0.2) is 0 Å². The van der Waals surface area contributed by atoms with E-state index in [1.807, 2.05) is 30.3 Å². The Morgan fingerprint density at radius 3 is 2.23 bits per heavy atom. The molecule has 26 heavy (non-hydrogen) atoms. The molecule has 0 N–H and O–H groups in total. The molecule has 0 aliphatic carbocycles. The minimum atomic E-state index is -4.52. The monoisotopic (exact) mass is 352 g/mol. The van der Waals surface area contributed by atoms with Crippen LogP contribution in [-0.2, 0) is 12.8 Å². The van der Waals surface area contributed by atoms with Crippen LogP contribution in [0.25, 0.3) is 11.1 Å². The molecule has 3 rings (SSSR count). The van der Waals surface area contributed by atoms with Crippen LogP contribution in [0, 0.1) is 12.3 Å². The van der Waals surface area contributed by atoms with Crippen molar-refractivity contribution in [3.63, 3.8) is 0 Å². The SMILES string of the molecule is C#Cc1ccc(-c2ccccc2OCc2ccccc2)c(C(F)(F)F)c1. The maximum atomic E-state index is 13.5. The first-order chi connectivity index (χ1) is 12.5. The summed E-state index contributed by atoms with van der Waals surface area (Å²) in [5, 5.41) is 0. The van der Waals surface area contributed by atoms with Crippen LogP contribution >= 0.6 is 0 Å². The Kier molecular flexibility index (Phi) is 4.99. The summed E-state index contributed by atoms with van der Waals surface area (Å²) in [4.78, 5) is 0. The standard InChI is InChI=1S/C22H15F3O/c1-2-16-12-13-18(20(14-16)22(23,24)25)19-10-6-7-11-21(19)26-15-17-8-4-3-5-9-17/h1,3-14H,15H2. The molecular weight excluding hydrogens is 337 g/mol. The molecule has 0 bridgehead atoms. The van der Waals surface area contributed by atoms with E-state index in [4.69, 9.17) is 11.2 Å². The summed E-state index contributed by atoms with van der Waals surface area (Å²) in [5.74, 6) is 2.63. The highest BCUT2D eigenvalue weighted by molar-refractivity contribution is 5.74. The average molecular weight is 352 g/mol. The van der Waals surface area contributed by atoms with Gasteiger partial charge in [0.05, 0.1) is 5.56 Å². The van der Waals surface area contributed by atoms with Gasteiger partial charge in [0.25, 0.3) is 0 Å². The molecule has 0 spiro atoms. The van der Waals surface area contributed by atoms with Gasteiger partial charge in [-0.15, -0.1) is 6.42 Å². The first kappa shape index (κ1) is 17.6. The molecule has 0 aromatic heterocycles. The number of rotatable bonds is 4. The predicted molar refractivity (Wildman–Crippen MR) is 95.6 cm³/mol. The maximum absolute atomic E-state index is 13.5. The van der Waals surface area contributed by atoms with Crippen LogP contribution in [0.5, 0.6) is 5.75 Å². The lowest BCUT2D eigenvalue weighted by atomic mass is 9.96. The minimum Gasteiger partial charge on any atom is -0.488 e. The van der Waals surface area contributed by atoms with E-state index in [1.165, 1.54) is 12.1 Å². The van der Waals surface area contributed by atoms with Crippen LogP contribution in [-0.4, -0.2) is 0 Å². The first-order valence-corrected chi connectivity index (χ1v) is 7.93. The van der Waals surface area contributed by atoms with Crippen molar-refractivity contribution < 1.29 is 17.9 Å². The Bertz CT molecular complexity index is 938. The van der Waals surface area contributed by atoms with Crippen LogP contribution in [0.3, 0.4) is 0 Å². The Hall–Kier alpha value is -3.19. The lowest BCUT2D eigenvalue weighted by Crippen LogP contribution is -2.08. The van der Waals surface area contributed by atoms with Gasteiger partial charge in [0.2, 0.25) is 0 Å². The zero-order valence-electron chi connectivity index (χ0n) is 13.8. The molecule has 0 fully saturated rings. The summed E-state index contributed by atoms with van der Waals surface area (Å²) >= 11 is 0. The van der Waals surface area contributed by atoms with Gasteiger partial charge in [0, 0.05) is 11.1 Å². The van der Waals surface area contributed by atoms with Gasteiger partial charge < -0.3 is 4.74 Å². The van der Waals surface area contributed by atoms with Crippen molar-refractivity contribution in [3.05, 3.63) is 89.5 Å². The summed E-state index contributed by atoms with van der Waals surface area (Å²) in [6.07, 6.45) is 0.732. The quantitative estimate of drug-likeness (QED) is 0.529. The zero-order chi connectivity index (χ0) is 18.6. The fraction of sp³-hybridized carbons (Fsp3) is 0.0909. The summed E-state index contributed by atoms with van der Waals surface area (Å²) in [7, 11) is 0. The Balaban J connectivity index is 2.01. The molecule has 0 saturated heterocycles. The fourth-order valence-corrected chi connectivity index (χ4v) is 2.65. The molecule has 1 nitrogen and oxygen atoms in total. The third-order valence-electron chi connectivity index (χ3n) is 3.91. The van der Waals surface area contributed by atoms with Crippen molar-refractivity contribution in [3.8, 4) is 29.2 Å². The summed E-state index contributed by atoms with van der Waals surface area (Å²) in [6, 6.07) is 20.0. The topological polar surface area (TPSA) is 9.23 Å². The van der Waals surface area contributed by atoms with Gasteiger partial charge in [-0.25, -0.2) is 0 Å². The van der Waals surface area contributed by atoms with Crippen LogP contribution in [0.2, 0.25) is 0 Å². The number of hydrogen-bond donors (Lipinski definition) is 0. The summed E-state index contributed by atoms with van der Waals surface area (Å²) in [5.41, 5.74) is 0.757. The second-order valence-electron chi connectivity index (χ2n) is 5.67. The smallest absolute Gasteiger partial charge is 0.417 e. The summed E-state index contributed by atoms with van der Waals surface area (Å²) in [6.45, 7) is 0.266. The molecule has 0 amide bonds. The molecule has 0 atom stereocenters. The van der Waals surface area contributed by atoms with Gasteiger partial charge in [-0.1, -0.05) is 60.5 Å². The van der Waals surface area contributed by atoms with E-state index in [2.05, 4.69) is 5.92 Å². The molecule has 3 aromatic rings. The number of benzene rings is 3.